The normalized spacial score (nSPS) is 12.4. The van der Waals surface area contributed by atoms with Crippen LogP contribution in [0.2, 0.25) is 0 Å². The summed E-state index contributed by atoms with van der Waals surface area (Å²) < 4.78 is 4.89. The molecule has 0 aliphatic rings. The van der Waals surface area contributed by atoms with Gasteiger partial charge in [-0.05, 0) is 102 Å². The van der Waals surface area contributed by atoms with Gasteiger partial charge in [0.2, 0.25) is 0 Å². The van der Waals surface area contributed by atoms with E-state index in [1.54, 1.807) is 0 Å². The molecule has 10 aromatic carbocycles. The van der Waals surface area contributed by atoms with Gasteiger partial charge in [-0.1, -0.05) is 133 Å². The molecule has 0 atom stereocenters. The van der Waals surface area contributed by atoms with Crippen LogP contribution in [0.3, 0.4) is 0 Å². The Morgan fingerprint density at radius 1 is 0.315 bits per heavy atom. The Hall–Kier alpha value is -7.23. The number of nitrogens with zero attached hydrogens (tertiary/aromatic N) is 3. The summed E-state index contributed by atoms with van der Waals surface area (Å²) in [4.78, 5) is 5.31. The molecule has 0 amide bonds. The van der Waals surface area contributed by atoms with Gasteiger partial charge in [0.1, 0.15) is 5.65 Å². The number of hydrogen-bond donors (Lipinski definition) is 0. The quantitative estimate of drug-likeness (QED) is 0.158. The minimum absolute atomic E-state index is 0.991. The predicted molar refractivity (Wildman–Crippen MR) is 230 cm³/mol. The molecule has 0 fully saturated rings. The highest BCUT2D eigenvalue weighted by atomic mass is 15.0. The fourth-order valence-electron chi connectivity index (χ4n) is 9.71. The van der Waals surface area contributed by atoms with Crippen molar-refractivity contribution in [2.45, 2.75) is 0 Å². The van der Waals surface area contributed by atoms with Crippen LogP contribution in [0.1, 0.15) is 0 Å². The lowest BCUT2D eigenvalue weighted by Crippen LogP contribution is -1.97. The second-order valence-electron chi connectivity index (χ2n) is 14.7. The minimum Gasteiger partial charge on any atom is -0.309 e. The van der Waals surface area contributed by atoms with E-state index < -0.39 is 0 Å². The fraction of sp³-hybridized carbons (Fsp3) is 0. The van der Waals surface area contributed by atoms with Crippen molar-refractivity contribution < 1.29 is 0 Å². The van der Waals surface area contributed by atoms with Gasteiger partial charge in [-0.3, -0.25) is 4.40 Å². The number of benzene rings is 10. The largest absolute Gasteiger partial charge is 0.309 e. The van der Waals surface area contributed by atoms with Crippen LogP contribution in [-0.2, 0) is 0 Å². The van der Waals surface area contributed by atoms with Gasteiger partial charge in [0.25, 0.3) is 0 Å². The van der Waals surface area contributed by atoms with Crippen LogP contribution in [0.25, 0.3) is 120 Å². The number of rotatable bonds is 1. The van der Waals surface area contributed by atoms with E-state index in [9.17, 15) is 0 Å². The van der Waals surface area contributed by atoms with E-state index >= 15 is 0 Å². The second kappa shape index (κ2) is 10.2. The van der Waals surface area contributed by atoms with Gasteiger partial charge in [0.05, 0.1) is 27.6 Å². The molecule has 3 heterocycles. The molecule has 0 unspecified atom stereocenters. The van der Waals surface area contributed by atoms with Gasteiger partial charge < -0.3 is 4.57 Å². The number of hydrogen-bond acceptors (Lipinski definition) is 1. The SMILES string of the molecule is c1ccc2c(c1)ccc1c2c2cc3c4ccccc4c4ccccc4c3cc2n1-c1ccc2c3ccc4ccccc4c3c3nc4ccccc4n3c2c1. The van der Waals surface area contributed by atoms with Crippen molar-refractivity contribution in [3.8, 4) is 5.69 Å². The Bertz CT molecular complexity index is 3790. The van der Waals surface area contributed by atoms with Crippen molar-refractivity contribution in [1.29, 1.82) is 0 Å². The fourth-order valence-corrected chi connectivity index (χ4v) is 9.71. The second-order valence-corrected chi connectivity index (χ2v) is 14.7. The van der Waals surface area contributed by atoms with E-state index in [0.29, 0.717) is 0 Å². The lowest BCUT2D eigenvalue weighted by atomic mass is 9.93. The highest BCUT2D eigenvalue weighted by molar-refractivity contribution is 6.31. The summed E-state index contributed by atoms with van der Waals surface area (Å²) in [5.41, 5.74) is 7.77. The van der Waals surface area contributed by atoms with Crippen molar-refractivity contribution in [3.63, 3.8) is 0 Å². The lowest BCUT2D eigenvalue weighted by molar-refractivity contribution is 1.18. The van der Waals surface area contributed by atoms with Gasteiger partial charge in [-0.15, -0.1) is 0 Å². The van der Waals surface area contributed by atoms with E-state index in [1.165, 1.54) is 91.8 Å². The third-order valence-corrected chi connectivity index (χ3v) is 12.0. The van der Waals surface area contributed by atoms with Crippen molar-refractivity contribution in [2.75, 3.05) is 0 Å². The number of imidazole rings is 1. The molecular formula is C51H29N3. The summed E-state index contributed by atoms with van der Waals surface area (Å²) >= 11 is 0. The summed E-state index contributed by atoms with van der Waals surface area (Å²) in [6.07, 6.45) is 0. The molecule has 3 heteroatoms. The third kappa shape index (κ3) is 3.58. The van der Waals surface area contributed by atoms with Crippen LogP contribution in [0, 0.1) is 0 Å². The lowest BCUT2D eigenvalue weighted by Gasteiger charge is -2.15. The molecule has 13 aromatic rings. The first-order valence-electron chi connectivity index (χ1n) is 18.6. The summed E-state index contributed by atoms with van der Waals surface area (Å²) in [5.74, 6) is 0. The molecule has 0 N–H and O–H groups in total. The molecule has 248 valence electrons. The molecule has 0 saturated heterocycles. The average Bonchev–Trinajstić information content (AvgIpc) is 3.79. The van der Waals surface area contributed by atoms with Crippen molar-refractivity contribution in [2.24, 2.45) is 0 Å². The van der Waals surface area contributed by atoms with E-state index in [1.807, 2.05) is 0 Å². The van der Waals surface area contributed by atoms with E-state index in [4.69, 9.17) is 4.98 Å². The smallest absolute Gasteiger partial charge is 0.147 e. The van der Waals surface area contributed by atoms with Crippen molar-refractivity contribution in [3.05, 3.63) is 176 Å². The van der Waals surface area contributed by atoms with Crippen LogP contribution in [0.4, 0.5) is 0 Å². The van der Waals surface area contributed by atoms with Gasteiger partial charge in [-0.25, -0.2) is 4.98 Å². The Kier molecular flexibility index (Phi) is 5.37. The summed E-state index contributed by atoms with van der Waals surface area (Å²) in [6, 6.07) is 64.9. The van der Waals surface area contributed by atoms with Crippen molar-refractivity contribution in [1.82, 2.24) is 14.0 Å². The number of pyridine rings is 1. The van der Waals surface area contributed by atoms with Gasteiger partial charge in [-0.2, -0.15) is 0 Å². The van der Waals surface area contributed by atoms with Gasteiger partial charge in [0, 0.05) is 27.2 Å². The summed E-state index contributed by atoms with van der Waals surface area (Å²) in [7, 11) is 0. The first-order chi connectivity index (χ1) is 26.8. The zero-order chi connectivity index (χ0) is 35.1. The predicted octanol–water partition coefficient (Wildman–Crippen LogP) is 13.7. The van der Waals surface area contributed by atoms with E-state index in [2.05, 4.69) is 185 Å². The minimum atomic E-state index is 0.991. The average molecular weight is 684 g/mol. The first kappa shape index (κ1) is 28.4. The standard InChI is InChI=1S/C51H29N3/c1-3-13-33-31(12-1)22-26-46-49(33)43-28-41-37-17-7-5-15-35(37)36-16-6-8-18-38(36)42(41)29-48(43)53(46)32-23-25-39-40-24-21-30-11-2-4-14-34(30)50(40)51-52-44-19-9-10-20-45(44)54(51)47(39)27-32/h1-29H. The van der Waals surface area contributed by atoms with Crippen molar-refractivity contribution >= 4 is 114 Å². The molecule has 13 rings (SSSR count). The Morgan fingerprint density at radius 3 is 1.63 bits per heavy atom. The van der Waals surface area contributed by atoms with Gasteiger partial charge in [0.15, 0.2) is 0 Å². The molecule has 0 spiro atoms. The Labute approximate surface area is 308 Å². The number of para-hydroxylation sites is 2. The number of fused-ring (bicyclic) bond motifs is 21. The molecule has 3 aromatic heterocycles. The highest BCUT2D eigenvalue weighted by Crippen LogP contribution is 2.44. The van der Waals surface area contributed by atoms with Crippen LogP contribution < -0.4 is 0 Å². The van der Waals surface area contributed by atoms with E-state index in [0.717, 1.165) is 27.9 Å². The third-order valence-electron chi connectivity index (χ3n) is 12.0. The maximum absolute atomic E-state index is 5.31. The monoisotopic (exact) mass is 683 g/mol. The topological polar surface area (TPSA) is 22.2 Å². The van der Waals surface area contributed by atoms with Crippen LogP contribution in [0.15, 0.2) is 176 Å². The molecule has 54 heavy (non-hydrogen) atoms. The summed E-state index contributed by atoms with van der Waals surface area (Å²) in [6.45, 7) is 0. The molecule has 0 aliphatic carbocycles. The zero-order valence-corrected chi connectivity index (χ0v) is 29.1. The number of aromatic nitrogens is 3. The van der Waals surface area contributed by atoms with Crippen LogP contribution in [0.5, 0.6) is 0 Å². The Morgan fingerprint density at radius 2 is 0.889 bits per heavy atom. The molecule has 0 aliphatic heterocycles. The zero-order valence-electron chi connectivity index (χ0n) is 29.1. The molecular weight excluding hydrogens is 655 g/mol. The van der Waals surface area contributed by atoms with Crippen LogP contribution >= 0.6 is 0 Å². The van der Waals surface area contributed by atoms with Crippen LogP contribution in [-0.4, -0.2) is 14.0 Å². The highest BCUT2D eigenvalue weighted by Gasteiger charge is 2.21. The van der Waals surface area contributed by atoms with E-state index in [-0.39, 0.29) is 0 Å². The summed E-state index contributed by atoms with van der Waals surface area (Å²) in [5, 5.41) is 18.8. The molecule has 3 nitrogen and oxygen atoms in total. The maximum Gasteiger partial charge on any atom is 0.147 e. The Balaban J connectivity index is 1.23. The molecule has 0 radical (unpaired) electrons. The molecule has 0 bridgehead atoms. The maximum atomic E-state index is 5.31. The first-order valence-corrected chi connectivity index (χ1v) is 18.6. The molecule has 0 saturated carbocycles. The van der Waals surface area contributed by atoms with Gasteiger partial charge >= 0.3 is 0 Å².